The molecule has 0 radical (unpaired) electrons. The SMILES string of the molecule is Cc1n[nH]c(C)c1-c1cncc(C[C@@H]2CCN(S(=O)(=O)N(C)C)C2)n1. The fraction of sp³-hybridized carbons (Fsp3) is 0.562. The first-order chi connectivity index (χ1) is 11.8. The van der Waals surface area contributed by atoms with Crippen molar-refractivity contribution in [2.24, 2.45) is 5.92 Å². The van der Waals surface area contributed by atoms with Crippen molar-refractivity contribution in [2.45, 2.75) is 26.7 Å². The fourth-order valence-corrected chi connectivity index (χ4v) is 4.45. The molecule has 0 aliphatic carbocycles. The second-order valence-electron chi connectivity index (χ2n) is 6.71. The number of rotatable bonds is 5. The Morgan fingerprint density at radius 3 is 2.72 bits per heavy atom. The molecule has 1 aliphatic heterocycles. The molecule has 3 rings (SSSR count). The quantitative estimate of drug-likeness (QED) is 0.859. The Labute approximate surface area is 148 Å². The van der Waals surface area contributed by atoms with Crippen LogP contribution in [0.5, 0.6) is 0 Å². The van der Waals surface area contributed by atoms with Gasteiger partial charge in [0.1, 0.15) is 0 Å². The Morgan fingerprint density at radius 2 is 2.08 bits per heavy atom. The lowest BCUT2D eigenvalue weighted by Crippen LogP contribution is -2.38. The average molecular weight is 364 g/mol. The lowest BCUT2D eigenvalue weighted by atomic mass is 10.0. The Hall–Kier alpha value is -1.84. The summed E-state index contributed by atoms with van der Waals surface area (Å²) in [5.41, 5.74) is 4.53. The van der Waals surface area contributed by atoms with Crippen molar-refractivity contribution in [2.75, 3.05) is 27.2 Å². The predicted molar refractivity (Wildman–Crippen MR) is 95.1 cm³/mol. The third kappa shape index (κ3) is 3.58. The Bertz CT molecular complexity index is 842. The number of nitrogens with zero attached hydrogens (tertiary/aromatic N) is 5. The van der Waals surface area contributed by atoms with Crippen LogP contribution in [-0.4, -0.2) is 64.4 Å². The van der Waals surface area contributed by atoms with E-state index >= 15 is 0 Å². The summed E-state index contributed by atoms with van der Waals surface area (Å²) >= 11 is 0. The average Bonchev–Trinajstić information content (AvgIpc) is 3.15. The first-order valence-corrected chi connectivity index (χ1v) is 9.69. The van der Waals surface area contributed by atoms with E-state index in [9.17, 15) is 8.42 Å². The number of H-pyrrole nitrogens is 1. The van der Waals surface area contributed by atoms with Crippen LogP contribution in [-0.2, 0) is 16.6 Å². The van der Waals surface area contributed by atoms with Crippen LogP contribution in [0.1, 0.15) is 23.5 Å². The normalized spacial score (nSPS) is 19.0. The molecule has 0 unspecified atom stereocenters. The summed E-state index contributed by atoms with van der Waals surface area (Å²) in [7, 11) is -0.213. The van der Waals surface area contributed by atoms with Crippen molar-refractivity contribution >= 4 is 10.2 Å². The molecule has 1 saturated heterocycles. The van der Waals surface area contributed by atoms with Gasteiger partial charge < -0.3 is 0 Å². The summed E-state index contributed by atoms with van der Waals surface area (Å²) in [6.07, 6.45) is 5.06. The summed E-state index contributed by atoms with van der Waals surface area (Å²) in [6.45, 7) is 4.98. The molecule has 2 aromatic rings. The van der Waals surface area contributed by atoms with Crippen LogP contribution in [0.2, 0.25) is 0 Å². The Morgan fingerprint density at radius 1 is 1.32 bits per heavy atom. The van der Waals surface area contributed by atoms with Gasteiger partial charge in [0, 0.05) is 44.6 Å². The van der Waals surface area contributed by atoms with Crippen molar-refractivity contribution in [1.29, 1.82) is 0 Å². The zero-order chi connectivity index (χ0) is 18.2. The van der Waals surface area contributed by atoms with E-state index in [2.05, 4.69) is 15.2 Å². The highest BCUT2D eigenvalue weighted by molar-refractivity contribution is 7.86. The molecule has 1 fully saturated rings. The predicted octanol–water partition coefficient (Wildman–Crippen LogP) is 1.15. The molecule has 0 amide bonds. The van der Waals surface area contributed by atoms with E-state index in [0.29, 0.717) is 13.1 Å². The van der Waals surface area contributed by atoms with Gasteiger partial charge >= 0.3 is 0 Å². The van der Waals surface area contributed by atoms with Gasteiger partial charge in [-0.15, -0.1) is 0 Å². The minimum Gasteiger partial charge on any atom is -0.282 e. The first-order valence-electron chi connectivity index (χ1n) is 8.29. The van der Waals surface area contributed by atoms with Crippen LogP contribution in [0.15, 0.2) is 12.4 Å². The van der Waals surface area contributed by atoms with Gasteiger partial charge in [-0.1, -0.05) is 0 Å². The summed E-state index contributed by atoms with van der Waals surface area (Å²) in [5.74, 6) is 0.255. The van der Waals surface area contributed by atoms with E-state index in [1.165, 1.54) is 4.31 Å². The number of aromatic amines is 1. The standard InChI is InChI=1S/C16H24N6O2S/c1-11-16(12(2)20-19-11)15-9-17-8-14(18-15)7-13-5-6-22(10-13)25(23,24)21(3)4/h8-9,13H,5-7,10H2,1-4H3,(H,19,20)/t13-/m0/s1. The lowest BCUT2D eigenvalue weighted by molar-refractivity contribution is 0.409. The largest absolute Gasteiger partial charge is 0.282 e. The van der Waals surface area contributed by atoms with Crippen LogP contribution >= 0.6 is 0 Å². The molecule has 0 aromatic carbocycles. The second kappa shape index (κ2) is 6.81. The number of hydrogen-bond donors (Lipinski definition) is 1. The summed E-state index contributed by atoms with van der Waals surface area (Å²) in [6, 6.07) is 0. The van der Waals surface area contributed by atoms with Crippen molar-refractivity contribution in [3.05, 3.63) is 29.5 Å². The Balaban J connectivity index is 1.74. The number of aryl methyl sites for hydroxylation is 2. The second-order valence-corrected chi connectivity index (χ2v) is 8.85. The van der Waals surface area contributed by atoms with Gasteiger partial charge in [-0.25, -0.2) is 4.98 Å². The van der Waals surface area contributed by atoms with Gasteiger partial charge in [-0.2, -0.15) is 22.1 Å². The molecule has 1 aliphatic rings. The zero-order valence-corrected chi connectivity index (χ0v) is 15.8. The summed E-state index contributed by atoms with van der Waals surface area (Å²) < 4.78 is 27.3. The number of aromatic nitrogens is 4. The van der Waals surface area contributed by atoms with E-state index in [1.807, 2.05) is 13.8 Å². The maximum absolute atomic E-state index is 12.2. The number of nitrogens with one attached hydrogen (secondary N) is 1. The maximum Gasteiger partial charge on any atom is 0.281 e. The third-order valence-electron chi connectivity index (χ3n) is 4.60. The highest BCUT2D eigenvalue weighted by Crippen LogP contribution is 2.26. The van der Waals surface area contributed by atoms with Gasteiger partial charge in [0.2, 0.25) is 0 Å². The van der Waals surface area contributed by atoms with Gasteiger partial charge in [-0.05, 0) is 32.6 Å². The van der Waals surface area contributed by atoms with E-state index in [4.69, 9.17) is 4.98 Å². The van der Waals surface area contributed by atoms with E-state index < -0.39 is 10.2 Å². The molecule has 0 saturated carbocycles. The molecule has 9 heteroatoms. The van der Waals surface area contributed by atoms with Gasteiger partial charge in [0.15, 0.2) is 0 Å². The Kier molecular flexibility index (Phi) is 4.90. The third-order valence-corrected chi connectivity index (χ3v) is 6.51. The van der Waals surface area contributed by atoms with Crippen LogP contribution in [0.3, 0.4) is 0 Å². The molecular weight excluding hydrogens is 340 g/mol. The molecule has 2 aromatic heterocycles. The topological polar surface area (TPSA) is 95.1 Å². The first kappa shape index (κ1) is 18.0. The van der Waals surface area contributed by atoms with Crippen molar-refractivity contribution < 1.29 is 8.42 Å². The van der Waals surface area contributed by atoms with Gasteiger partial charge in [0.25, 0.3) is 10.2 Å². The van der Waals surface area contributed by atoms with Crippen LogP contribution in [0.25, 0.3) is 11.3 Å². The monoisotopic (exact) mass is 364 g/mol. The zero-order valence-electron chi connectivity index (χ0n) is 15.0. The van der Waals surface area contributed by atoms with Crippen molar-refractivity contribution in [1.82, 2.24) is 28.8 Å². The van der Waals surface area contributed by atoms with Gasteiger partial charge in [0.05, 0.1) is 23.3 Å². The smallest absolute Gasteiger partial charge is 0.281 e. The minimum atomic E-state index is -3.34. The number of hydrogen-bond acceptors (Lipinski definition) is 5. The highest BCUT2D eigenvalue weighted by atomic mass is 32.2. The lowest BCUT2D eigenvalue weighted by Gasteiger charge is -2.20. The molecule has 136 valence electrons. The van der Waals surface area contributed by atoms with Crippen LogP contribution < -0.4 is 0 Å². The minimum absolute atomic E-state index is 0.255. The molecule has 1 atom stereocenters. The molecule has 0 bridgehead atoms. The summed E-state index contributed by atoms with van der Waals surface area (Å²) in [4.78, 5) is 9.04. The van der Waals surface area contributed by atoms with Crippen molar-refractivity contribution in [3.63, 3.8) is 0 Å². The molecule has 25 heavy (non-hydrogen) atoms. The fourth-order valence-electron chi connectivity index (χ4n) is 3.25. The van der Waals surface area contributed by atoms with E-state index in [1.54, 1.807) is 30.8 Å². The summed E-state index contributed by atoms with van der Waals surface area (Å²) in [5, 5.41) is 7.17. The molecule has 1 N–H and O–H groups in total. The maximum atomic E-state index is 12.2. The van der Waals surface area contributed by atoms with Gasteiger partial charge in [-0.3, -0.25) is 10.1 Å². The highest BCUT2D eigenvalue weighted by Gasteiger charge is 2.32. The van der Waals surface area contributed by atoms with Crippen LogP contribution in [0.4, 0.5) is 0 Å². The molecular formula is C16H24N6O2S. The van der Waals surface area contributed by atoms with E-state index in [0.717, 1.165) is 41.2 Å². The van der Waals surface area contributed by atoms with E-state index in [-0.39, 0.29) is 5.92 Å². The van der Waals surface area contributed by atoms with Crippen molar-refractivity contribution in [3.8, 4) is 11.3 Å². The molecule has 3 heterocycles. The van der Waals surface area contributed by atoms with Crippen LogP contribution in [0, 0.1) is 19.8 Å². The molecule has 0 spiro atoms. The molecule has 8 nitrogen and oxygen atoms in total.